The van der Waals surface area contributed by atoms with Gasteiger partial charge in [0.1, 0.15) is 12.4 Å². The van der Waals surface area contributed by atoms with E-state index in [1.807, 2.05) is 24.3 Å². The molecule has 0 unspecified atom stereocenters. The van der Waals surface area contributed by atoms with Crippen molar-refractivity contribution in [2.24, 2.45) is 0 Å². The number of nitrogens with one attached hydrogen (secondary N) is 1. The Morgan fingerprint density at radius 3 is 3.00 bits per heavy atom. The van der Waals surface area contributed by atoms with E-state index in [1.165, 1.54) is 5.56 Å². The lowest BCUT2D eigenvalue weighted by Crippen LogP contribution is -2.18. The number of methoxy groups -OCH3 is 1. The number of benzene rings is 1. The lowest BCUT2D eigenvalue weighted by Gasteiger charge is -2.08. The molecule has 1 N–H and O–H groups in total. The number of hydrogen-bond acceptors (Lipinski definition) is 3. The molecule has 0 atom stereocenters. The Labute approximate surface area is 107 Å². The first-order chi connectivity index (χ1) is 8.22. The smallest absolute Gasteiger partial charge is 0.123 e. The summed E-state index contributed by atoms with van der Waals surface area (Å²) in [4.78, 5) is 0. The standard InChI is InChI=1S/C13H18ClNO2/c1-11(14)10-17-13-5-3-4-12(8-13)9-15-6-7-16-2/h3-5,8,15H,1,6-7,9-10H2,2H3. The van der Waals surface area contributed by atoms with Crippen LogP contribution in [0.4, 0.5) is 0 Å². The molecule has 0 saturated carbocycles. The highest BCUT2D eigenvalue weighted by atomic mass is 35.5. The summed E-state index contributed by atoms with van der Waals surface area (Å²) in [5, 5.41) is 3.76. The van der Waals surface area contributed by atoms with Crippen LogP contribution in [0.3, 0.4) is 0 Å². The van der Waals surface area contributed by atoms with E-state index in [1.54, 1.807) is 7.11 Å². The molecule has 17 heavy (non-hydrogen) atoms. The van der Waals surface area contributed by atoms with Gasteiger partial charge in [0.15, 0.2) is 0 Å². The van der Waals surface area contributed by atoms with Gasteiger partial charge in [0, 0.05) is 25.2 Å². The zero-order valence-corrected chi connectivity index (χ0v) is 10.8. The average Bonchev–Trinajstić information content (AvgIpc) is 2.33. The van der Waals surface area contributed by atoms with Gasteiger partial charge in [-0.25, -0.2) is 0 Å². The Balaban J connectivity index is 2.39. The highest BCUT2D eigenvalue weighted by molar-refractivity contribution is 6.29. The second kappa shape index (κ2) is 8.12. The second-order valence-corrected chi connectivity index (χ2v) is 4.16. The van der Waals surface area contributed by atoms with Gasteiger partial charge in [-0.15, -0.1) is 0 Å². The lowest BCUT2D eigenvalue weighted by molar-refractivity contribution is 0.199. The van der Waals surface area contributed by atoms with Crippen molar-refractivity contribution in [1.82, 2.24) is 5.32 Å². The summed E-state index contributed by atoms with van der Waals surface area (Å²) in [5.74, 6) is 0.804. The summed E-state index contributed by atoms with van der Waals surface area (Å²) in [6.45, 7) is 6.25. The van der Waals surface area contributed by atoms with Crippen LogP contribution in [0.1, 0.15) is 5.56 Å². The van der Waals surface area contributed by atoms with E-state index >= 15 is 0 Å². The molecule has 94 valence electrons. The Morgan fingerprint density at radius 2 is 2.29 bits per heavy atom. The molecular weight excluding hydrogens is 238 g/mol. The third-order valence-electron chi connectivity index (χ3n) is 2.11. The van der Waals surface area contributed by atoms with Crippen LogP contribution >= 0.6 is 11.6 Å². The number of halogens is 1. The van der Waals surface area contributed by atoms with E-state index in [-0.39, 0.29) is 0 Å². The van der Waals surface area contributed by atoms with Crippen LogP contribution in [0.2, 0.25) is 0 Å². The predicted octanol–water partition coefficient (Wildman–Crippen LogP) is 2.55. The average molecular weight is 256 g/mol. The SMILES string of the molecule is C=C(Cl)COc1cccc(CNCCOC)c1. The highest BCUT2D eigenvalue weighted by Crippen LogP contribution is 2.14. The maximum Gasteiger partial charge on any atom is 0.123 e. The van der Waals surface area contributed by atoms with Gasteiger partial charge < -0.3 is 14.8 Å². The van der Waals surface area contributed by atoms with E-state index in [0.29, 0.717) is 18.2 Å². The van der Waals surface area contributed by atoms with Crippen LogP contribution in [0.5, 0.6) is 5.75 Å². The monoisotopic (exact) mass is 255 g/mol. The molecule has 0 aliphatic carbocycles. The van der Waals surface area contributed by atoms with Crippen molar-refractivity contribution in [2.45, 2.75) is 6.54 Å². The number of hydrogen-bond donors (Lipinski definition) is 1. The fourth-order valence-electron chi connectivity index (χ4n) is 1.31. The summed E-state index contributed by atoms with van der Waals surface area (Å²) in [5.41, 5.74) is 1.17. The van der Waals surface area contributed by atoms with Gasteiger partial charge in [0.2, 0.25) is 0 Å². The molecule has 0 amide bonds. The van der Waals surface area contributed by atoms with Gasteiger partial charge in [-0.2, -0.15) is 0 Å². The zero-order chi connectivity index (χ0) is 12.5. The fraction of sp³-hybridized carbons (Fsp3) is 0.385. The van der Waals surface area contributed by atoms with Crippen LogP contribution in [0, 0.1) is 0 Å². The molecule has 0 heterocycles. The van der Waals surface area contributed by atoms with Gasteiger partial charge in [-0.05, 0) is 17.7 Å². The molecule has 0 bridgehead atoms. The summed E-state index contributed by atoms with van der Waals surface area (Å²) in [6.07, 6.45) is 0. The maximum atomic E-state index is 5.64. The van der Waals surface area contributed by atoms with Crippen molar-refractivity contribution in [3.63, 3.8) is 0 Å². The molecule has 3 nitrogen and oxygen atoms in total. The lowest BCUT2D eigenvalue weighted by atomic mass is 10.2. The molecule has 0 radical (unpaired) electrons. The van der Waals surface area contributed by atoms with Crippen LogP contribution in [0.25, 0.3) is 0 Å². The van der Waals surface area contributed by atoms with Crippen LogP contribution in [-0.2, 0) is 11.3 Å². The Hall–Kier alpha value is -1.03. The minimum atomic E-state index is 0.335. The molecule has 4 heteroatoms. The predicted molar refractivity (Wildman–Crippen MR) is 70.5 cm³/mol. The fourth-order valence-corrected chi connectivity index (χ4v) is 1.37. The molecule has 0 aromatic heterocycles. The van der Waals surface area contributed by atoms with E-state index < -0.39 is 0 Å². The molecular formula is C13H18ClNO2. The van der Waals surface area contributed by atoms with Gasteiger partial charge in [0.05, 0.1) is 6.61 Å². The Kier molecular flexibility index (Phi) is 6.70. The summed E-state index contributed by atoms with van der Waals surface area (Å²) in [6, 6.07) is 7.89. The highest BCUT2D eigenvalue weighted by Gasteiger charge is 1.97. The topological polar surface area (TPSA) is 30.5 Å². The summed E-state index contributed by atoms with van der Waals surface area (Å²) in [7, 11) is 1.69. The van der Waals surface area contributed by atoms with E-state index in [0.717, 1.165) is 18.8 Å². The van der Waals surface area contributed by atoms with Crippen LogP contribution in [0.15, 0.2) is 35.9 Å². The van der Waals surface area contributed by atoms with E-state index in [4.69, 9.17) is 21.1 Å². The van der Waals surface area contributed by atoms with E-state index in [2.05, 4.69) is 11.9 Å². The molecule has 1 rings (SSSR count). The molecule has 0 aliphatic rings. The van der Waals surface area contributed by atoms with Crippen molar-refractivity contribution in [2.75, 3.05) is 26.9 Å². The van der Waals surface area contributed by atoms with Gasteiger partial charge in [-0.3, -0.25) is 0 Å². The normalized spacial score (nSPS) is 10.2. The number of rotatable bonds is 8. The van der Waals surface area contributed by atoms with Crippen molar-refractivity contribution in [1.29, 1.82) is 0 Å². The maximum absolute atomic E-state index is 5.64. The quantitative estimate of drug-likeness (QED) is 0.725. The first-order valence-corrected chi connectivity index (χ1v) is 5.85. The summed E-state index contributed by atoms with van der Waals surface area (Å²) < 4.78 is 10.4. The van der Waals surface area contributed by atoms with Crippen molar-refractivity contribution in [3.8, 4) is 5.75 Å². The molecule has 1 aromatic rings. The zero-order valence-electron chi connectivity index (χ0n) is 10.0. The largest absolute Gasteiger partial charge is 0.488 e. The molecule has 0 saturated heterocycles. The first-order valence-electron chi connectivity index (χ1n) is 5.47. The van der Waals surface area contributed by atoms with Crippen molar-refractivity contribution in [3.05, 3.63) is 41.4 Å². The molecule has 1 aromatic carbocycles. The molecule has 0 spiro atoms. The molecule has 0 aliphatic heterocycles. The van der Waals surface area contributed by atoms with Crippen molar-refractivity contribution >= 4 is 11.6 Å². The minimum Gasteiger partial charge on any atom is -0.488 e. The van der Waals surface area contributed by atoms with Crippen molar-refractivity contribution < 1.29 is 9.47 Å². The van der Waals surface area contributed by atoms with E-state index in [9.17, 15) is 0 Å². The summed E-state index contributed by atoms with van der Waals surface area (Å²) >= 11 is 5.64. The molecule has 0 fully saturated rings. The van der Waals surface area contributed by atoms with Crippen LogP contribution in [-0.4, -0.2) is 26.9 Å². The Bertz CT molecular complexity index is 355. The minimum absolute atomic E-state index is 0.335. The Morgan fingerprint density at radius 1 is 1.47 bits per heavy atom. The van der Waals surface area contributed by atoms with Gasteiger partial charge in [0.25, 0.3) is 0 Å². The third-order valence-corrected chi connectivity index (χ3v) is 2.22. The first kappa shape index (κ1) is 14.0. The van der Waals surface area contributed by atoms with Gasteiger partial charge >= 0.3 is 0 Å². The third kappa shape index (κ3) is 6.31. The van der Waals surface area contributed by atoms with Gasteiger partial charge in [-0.1, -0.05) is 30.3 Å². The number of ether oxygens (including phenoxy) is 2. The van der Waals surface area contributed by atoms with Crippen LogP contribution < -0.4 is 10.1 Å². The second-order valence-electron chi connectivity index (χ2n) is 3.62.